The summed E-state index contributed by atoms with van der Waals surface area (Å²) in [4.78, 5) is 3.75. The standard InChI is InChI=1S/C9H12N2O/c1-10-7-8-4-3-5-9(6-8)11(2)12/h3-6,11H,1,7H2,2H3. The van der Waals surface area contributed by atoms with Gasteiger partial charge in [-0.2, -0.15) is 0 Å². The average Bonchev–Trinajstić information content (AvgIpc) is 2.05. The molecule has 0 radical (unpaired) electrons. The van der Waals surface area contributed by atoms with Crippen LogP contribution in [0.1, 0.15) is 5.56 Å². The highest BCUT2D eigenvalue weighted by atomic mass is 16.5. The van der Waals surface area contributed by atoms with E-state index in [4.69, 9.17) is 0 Å². The summed E-state index contributed by atoms with van der Waals surface area (Å²) in [6, 6.07) is 7.43. The quantitative estimate of drug-likeness (QED) is 0.513. The third-order valence-corrected chi connectivity index (χ3v) is 1.63. The van der Waals surface area contributed by atoms with Gasteiger partial charge in [0.15, 0.2) is 0 Å². The Morgan fingerprint density at radius 3 is 2.92 bits per heavy atom. The first-order valence-electron chi connectivity index (χ1n) is 3.76. The van der Waals surface area contributed by atoms with Crippen LogP contribution >= 0.6 is 0 Å². The third kappa shape index (κ3) is 2.15. The van der Waals surface area contributed by atoms with Crippen molar-refractivity contribution in [2.45, 2.75) is 6.54 Å². The van der Waals surface area contributed by atoms with E-state index >= 15 is 0 Å². The van der Waals surface area contributed by atoms with Crippen LogP contribution in [0.2, 0.25) is 0 Å². The summed E-state index contributed by atoms with van der Waals surface area (Å²) >= 11 is 0. The molecule has 0 amide bonds. The average molecular weight is 164 g/mol. The zero-order valence-electron chi connectivity index (χ0n) is 7.08. The van der Waals surface area contributed by atoms with Crippen molar-refractivity contribution in [2.24, 2.45) is 4.99 Å². The van der Waals surface area contributed by atoms with E-state index in [1.807, 2.05) is 18.2 Å². The predicted molar refractivity (Wildman–Crippen MR) is 49.6 cm³/mol. The summed E-state index contributed by atoms with van der Waals surface area (Å²) in [6.07, 6.45) is 0. The molecule has 1 aromatic rings. The van der Waals surface area contributed by atoms with Crippen molar-refractivity contribution in [2.75, 3.05) is 7.05 Å². The molecule has 0 aliphatic rings. The highest BCUT2D eigenvalue weighted by Gasteiger charge is 1.97. The summed E-state index contributed by atoms with van der Waals surface area (Å²) in [5.41, 5.74) is 1.76. The summed E-state index contributed by atoms with van der Waals surface area (Å²) in [5, 5.41) is 11.0. The smallest absolute Gasteiger partial charge is 0.131 e. The van der Waals surface area contributed by atoms with Crippen LogP contribution in [-0.4, -0.2) is 13.8 Å². The normalized spacial score (nSPS) is 12.5. The third-order valence-electron chi connectivity index (χ3n) is 1.63. The van der Waals surface area contributed by atoms with Crippen LogP contribution in [0, 0.1) is 5.21 Å². The Morgan fingerprint density at radius 2 is 2.33 bits per heavy atom. The van der Waals surface area contributed by atoms with E-state index in [2.05, 4.69) is 11.7 Å². The van der Waals surface area contributed by atoms with Crippen LogP contribution in [0.4, 0.5) is 5.69 Å². The molecule has 12 heavy (non-hydrogen) atoms. The maximum Gasteiger partial charge on any atom is 0.131 e. The van der Waals surface area contributed by atoms with E-state index in [9.17, 15) is 5.21 Å². The molecule has 0 saturated carbocycles. The second-order valence-corrected chi connectivity index (χ2v) is 2.64. The van der Waals surface area contributed by atoms with Crippen molar-refractivity contribution >= 4 is 12.4 Å². The largest absolute Gasteiger partial charge is 0.629 e. The topological polar surface area (TPSA) is 39.9 Å². The van der Waals surface area contributed by atoms with Crippen LogP contribution in [0.5, 0.6) is 0 Å². The Hall–Kier alpha value is -1.19. The first kappa shape index (κ1) is 8.90. The van der Waals surface area contributed by atoms with Gasteiger partial charge in [0.1, 0.15) is 5.69 Å². The molecule has 0 aliphatic heterocycles. The van der Waals surface area contributed by atoms with Gasteiger partial charge in [0.25, 0.3) is 0 Å². The zero-order valence-corrected chi connectivity index (χ0v) is 7.08. The van der Waals surface area contributed by atoms with Crippen molar-refractivity contribution in [1.29, 1.82) is 0 Å². The molecule has 0 spiro atoms. The summed E-state index contributed by atoms with van der Waals surface area (Å²) in [6.45, 7) is 3.97. The Balaban J connectivity index is 2.87. The molecule has 1 aromatic carbocycles. The van der Waals surface area contributed by atoms with Crippen molar-refractivity contribution in [3.05, 3.63) is 35.0 Å². The van der Waals surface area contributed by atoms with Crippen molar-refractivity contribution in [3.63, 3.8) is 0 Å². The molecule has 0 heterocycles. The van der Waals surface area contributed by atoms with E-state index in [-0.39, 0.29) is 5.06 Å². The van der Waals surface area contributed by atoms with Crippen LogP contribution in [0.25, 0.3) is 0 Å². The number of hydroxylamine groups is 1. The lowest BCUT2D eigenvalue weighted by Crippen LogP contribution is -2.98. The highest BCUT2D eigenvalue weighted by molar-refractivity contribution is 5.34. The van der Waals surface area contributed by atoms with Crippen LogP contribution in [0.3, 0.4) is 0 Å². The van der Waals surface area contributed by atoms with Gasteiger partial charge in [-0.1, -0.05) is 12.1 Å². The number of nitrogens with zero attached hydrogens (tertiary/aromatic N) is 1. The zero-order chi connectivity index (χ0) is 8.97. The van der Waals surface area contributed by atoms with Gasteiger partial charge in [-0.15, -0.1) is 0 Å². The second kappa shape index (κ2) is 3.99. The number of rotatable bonds is 3. The Morgan fingerprint density at radius 1 is 1.58 bits per heavy atom. The van der Waals surface area contributed by atoms with Crippen molar-refractivity contribution < 1.29 is 5.06 Å². The van der Waals surface area contributed by atoms with E-state index in [1.165, 1.54) is 0 Å². The van der Waals surface area contributed by atoms with Gasteiger partial charge in [0.05, 0.1) is 13.6 Å². The molecule has 0 bridgehead atoms. The number of nitrogens with one attached hydrogen (secondary N) is 1. The molecule has 0 aromatic heterocycles. The van der Waals surface area contributed by atoms with Gasteiger partial charge in [-0.25, -0.2) is 0 Å². The number of benzene rings is 1. The Labute approximate surface area is 71.9 Å². The van der Waals surface area contributed by atoms with Gasteiger partial charge in [0.2, 0.25) is 0 Å². The number of aliphatic imine (C=N–C) groups is 1. The fraction of sp³-hybridized carbons (Fsp3) is 0.222. The lowest BCUT2D eigenvalue weighted by Gasteiger charge is -2.15. The fourth-order valence-electron chi connectivity index (χ4n) is 1.02. The Kier molecular flexibility index (Phi) is 2.96. The van der Waals surface area contributed by atoms with E-state index in [0.29, 0.717) is 6.54 Å². The molecular formula is C9H12N2O. The monoisotopic (exact) mass is 164 g/mol. The van der Waals surface area contributed by atoms with Crippen molar-refractivity contribution in [1.82, 2.24) is 0 Å². The molecule has 0 aliphatic carbocycles. The molecule has 1 rings (SSSR count). The molecule has 1 unspecified atom stereocenters. The molecule has 64 valence electrons. The minimum Gasteiger partial charge on any atom is -0.629 e. The van der Waals surface area contributed by atoms with E-state index < -0.39 is 0 Å². The maximum atomic E-state index is 11.0. The lowest BCUT2D eigenvalue weighted by molar-refractivity contribution is -0.751. The molecule has 3 nitrogen and oxygen atoms in total. The minimum absolute atomic E-state index is 0.0842. The van der Waals surface area contributed by atoms with Gasteiger partial charge in [-0.3, -0.25) is 4.99 Å². The molecule has 1 atom stereocenters. The van der Waals surface area contributed by atoms with Crippen LogP contribution in [0.15, 0.2) is 29.3 Å². The predicted octanol–water partition coefficient (Wildman–Crippen LogP) is 0.531. The van der Waals surface area contributed by atoms with E-state index in [0.717, 1.165) is 11.3 Å². The van der Waals surface area contributed by atoms with Gasteiger partial charge in [-0.05, 0) is 18.3 Å². The van der Waals surface area contributed by atoms with Crippen LogP contribution in [-0.2, 0) is 6.54 Å². The number of hydrogen-bond acceptors (Lipinski definition) is 2. The van der Waals surface area contributed by atoms with Gasteiger partial charge >= 0.3 is 0 Å². The van der Waals surface area contributed by atoms with Crippen LogP contribution < -0.4 is 5.06 Å². The lowest BCUT2D eigenvalue weighted by atomic mass is 10.2. The molecule has 0 saturated heterocycles. The van der Waals surface area contributed by atoms with Crippen molar-refractivity contribution in [3.8, 4) is 0 Å². The maximum absolute atomic E-state index is 11.0. The molecule has 0 fully saturated rings. The second-order valence-electron chi connectivity index (χ2n) is 2.64. The van der Waals surface area contributed by atoms with Gasteiger partial charge < -0.3 is 10.3 Å². The first-order valence-corrected chi connectivity index (χ1v) is 3.76. The SMILES string of the molecule is C=NCc1cccc([NH+](C)[O-])c1. The van der Waals surface area contributed by atoms with Gasteiger partial charge in [0, 0.05) is 6.07 Å². The molecular weight excluding hydrogens is 152 g/mol. The number of quaternary nitrogens is 1. The summed E-state index contributed by atoms with van der Waals surface area (Å²) in [5.74, 6) is 0. The Bertz CT molecular complexity index is 271. The number of hydrogen-bond donors (Lipinski definition) is 1. The highest BCUT2D eigenvalue weighted by Crippen LogP contribution is 2.06. The molecule has 3 heteroatoms. The van der Waals surface area contributed by atoms with E-state index in [1.54, 1.807) is 13.1 Å². The fourth-order valence-corrected chi connectivity index (χ4v) is 1.02. The summed E-state index contributed by atoms with van der Waals surface area (Å²) < 4.78 is 0. The first-order chi connectivity index (χ1) is 5.74. The summed E-state index contributed by atoms with van der Waals surface area (Å²) in [7, 11) is 1.56. The molecule has 1 N–H and O–H groups in total. The minimum atomic E-state index is 0.0842.